The van der Waals surface area contributed by atoms with Gasteiger partial charge in [0.1, 0.15) is 0 Å². The molecule has 7 unspecified atom stereocenters. The zero-order valence-electron chi connectivity index (χ0n) is 18.3. The summed E-state index contributed by atoms with van der Waals surface area (Å²) in [5, 5.41) is 0. The SMILES string of the molecule is C=C(C)CCCC1CCC2C3C(=C)CC4(N)CCCCC4(C)C3CCC12C. The van der Waals surface area contributed by atoms with Crippen molar-refractivity contribution in [2.24, 2.45) is 40.2 Å². The monoisotopic (exact) mass is 369 g/mol. The average Bonchev–Trinajstić information content (AvgIpc) is 2.92. The van der Waals surface area contributed by atoms with Gasteiger partial charge in [-0.1, -0.05) is 44.4 Å². The second kappa shape index (κ2) is 6.75. The first kappa shape index (κ1) is 19.7. The summed E-state index contributed by atoms with van der Waals surface area (Å²) < 4.78 is 0. The largest absolute Gasteiger partial charge is 0.324 e. The smallest absolute Gasteiger partial charge is 0.0249 e. The molecule has 4 rings (SSSR count). The van der Waals surface area contributed by atoms with Crippen molar-refractivity contribution in [2.75, 3.05) is 0 Å². The van der Waals surface area contributed by atoms with Crippen LogP contribution in [0.4, 0.5) is 0 Å². The van der Waals surface area contributed by atoms with Crippen LogP contribution in [0, 0.1) is 34.5 Å². The van der Waals surface area contributed by atoms with Crippen LogP contribution in [0.1, 0.15) is 97.8 Å². The Balaban J connectivity index is 1.57. The standard InChI is InChI=1S/C26H43N/c1-18(2)9-8-10-20-11-12-21-23-19(3)17-26(27)15-7-6-14-25(26,5)22(23)13-16-24(20,21)4/h20-23H,1,3,6-17,27H2,2,4-5H3. The van der Waals surface area contributed by atoms with E-state index in [1.54, 1.807) is 0 Å². The second-order valence-corrected chi connectivity index (χ2v) is 11.5. The molecule has 7 atom stereocenters. The Morgan fingerprint density at radius 3 is 2.56 bits per heavy atom. The van der Waals surface area contributed by atoms with Crippen LogP contribution in [-0.4, -0.2) is 5.54 Å². The molecule has 0 aromatic heterocycles. The lowest BCUT2D eigenvalue weighted by molar-refractivity contribution is -0.0972. The van der Waals surface area contributed by atoms with Crippen molar-refractivity contribution in [2.45, 2.75) is 103 Å². The highest BCUT2D eigenvalue weighted by atomic mass is 14.8. The van der Waals surface area contributed by atoms with Gasteiger partial charge in [0.05, 0.1) is 0 Å². The predicted octanol–water partition coefficient (Wildman–Crippen LogP) is 7.03. The average molecular weight is 370 g/mol. The molecule has 4 aliphatic carbocycles. The van der Waals surface area contributed by atoms with Crippen LogP contribution in [0.3, 0.4) is 0 Å². The van der Waals surface area contributed by atoms with Gasteiger partial charge in [-0.2, -0.15) is 0 Å². The lowest BCUT2D eigenvalue weighted by Crippen LogP contribution is -2.65. The maximum Gasteiger partial charge on any atom is 0.0249 e. The van der Waals surface area contributed by atoms with Crippen LogP contribution in [0.2, 0.25) is 0 Å². The van der Waals surface area contributed by atoms with Crippen molar-refractivity contribution < 1.29 is 0 Å². The molecule has 1 heteroatoms. The van der Waals surface area contributed by atoms with Gasteiger partial charge in [0.25, 0.3) is 0 Å². The summed E-state index contributed by atoms with van der Waals surface area (Å²) in [6, 6.07) is 0. The van der Waals surface area contributed by atoms with Crippen molar-refractivity contribution in [1.29, 1.82) is 0 Å². The molecule has 27 heavy (non-hydrogen) atoms. The highest BCUT2D eigenvalue weighted by Crippen LogP contribution is 2.69. The minimum Gasteiger partial charge on any atom is -0.324 e. The van der Waals surface area contributed by atoms with E-state index in [4.69, 9.17) is 5.73 Å². The van der Waals surface area contributed by atoms with Crippen LogP contribution in [0.15, 0.2) is 24.3 Å². The van der Waals surface area contributed by atoms with Crippen molar-refractivity contribution in [3.8, 4) is 0 Å². The first-order valence-electron chi connectivity index (χ1n) is 11.8. The molecule has 1 nitrogen and oxygen atoms in total. The summed E-state index contributed by atoms with van der Waals surface area (Å²) >= 11 is 0. The van der Waals surface area contributed by atoms with E-state index in [2.05, 4.69) is 33.9 Å². The molecule has 0 saturated heterocycles. The fourth-order valence-electron chi connectivity index (χ4n) is 8.49. The van der Waals surface area contributed by atoms with Crippen molar-refractivity contribution in [3.05, 3.63) is 24.3 Å². The molecule has 152 valence electrons. The Hall–Kier alpha value is -0.560. The van der Waals surface area contributed by atoms with Gasteiger partial charge in [-0.05, 0) is 106 Å². The van der Waals surface area contributed by atoms with Gasteiger partial charge in [0, 0.05) is 5.54 Å². The maximum atomic E-state index is 7.12. The number of hydrogen-bond donors (Lipinski definition) is 1. The van der Waals surface area contributed by atoms with Gasteiger partial charge in [-0.3, -0.25) is 0 Å². The predicted molar refractivity (Wildman–Crippen MR) is 116 cm³/mol. The van der Waals surface area contributed by atoms with E-state index in [1.807, 2.05) is 0 Å². The highest BCUT2D eigenvalue weighted by molar-refractivity contribution is 5.26. The summed E-state index contributed by atoms with van der Waals surface area (Å²) in [5.74, 6) is 3.31. The normalized spacial score (nSPS) is 49.3. The Labute approximate surface area is 168 Å². The third kappa shape index (κ3) is 2.90. The van der Waals surface area contributed by atoms with Gasteiger partial charge < -0.3 is 5.73 Å². The van der Waals surface area contributed by atoms with Crippen LogP contribution >= 0.6 is 0 Å². The number of allylic oxidation sites excluding steroid dienone is 1. The van der Waals surface area contributed by atoms with Gasteiger partial charge in [0.15, 0.2) is 0 Å². The Kier molecular flexibility index (Phi) is 4.94. The molecule has 0 amide bonds. The number of nitrogens with two attached hydrogens (primary N) is 1. The molecular weight excluding hydrogens is 326 g/mol. The zero-order valence-corrected chi connectivity index (χ0v) is 18.3. The maximum absolute atomic E-state index is 7.12. The summed E-state index contributed by atoms with van der Waals surface area (Å²) in [4.78, 5) is 0. The van der Waals surface area contributed by atoms with Gasteiger partial charge in [-0.25, -0.2) is 0 Å². The molecule has 0 bridgehead atoms. The molecule has 0 aliphatic heterocycles. The number of hydrogen-bond acceptors (Lipinski definition) is 1. The van der Waals surface area contributed by atoms with Gasteiger partial charge >= 0.3 is 0 Å². The van der Waals surface area contributed by atoms with Crippen LogP contribution < -0.4 is 5.73 Å². The quantitative estimate of drug-likeness (QED) is 0.529. The first-order valence-corrected chi connectivity index (χ1v) is 11.8. The molecule has 0 heterocycles. The van der Waals surface area contributed by atoms with Crippen LogP contribution in [-0.2, 0) is 0 Å². The molecule has 4 aliphatic rings. The lowest BCUT2D eigenvalue weighted by atomic mass is 9.42. The summed E-state index contributed by atoms with van der Waals surface area (Å²) in [6.07, 6.45) is 16.0. The van der Waals surface area contributed by atoms with Crippen LogP contribution in [0.5, 0.6) is 0 Å². The fourth-order valence-corrected chi connectivity index (χ4v) is 8.49. The van der Waals surface area contributed by atoms with Crippen molar-refractivity contribution in [3.63, 3.8) is 0 Å². The van der Waals surface area contributed by atoms with E-state index in [9.17, 15) is 0 Å². The summed E-state index contributed by atoms with van der Waals surface area (Å²) in [6.45, 7) is 16.2. The Morgan fingerprint density at radius 2 is 1.81 bits per heavy atom. The minimum atomic E-state index is 0.0245. The molecule has 4 saturated carbocycles. The third-order valence-electron chi connectivity index (χ3n) is 10.2. The Bertz CT molecular complexity index is 620. The van der Waals surface area contributed by atoms with Crippen molar-refractivity contribution in [1.82, 2.24) is 0 Å². The molecule has 0 radical (unpaired) electrons. The minimum absolute atomic E-state index is 0.0245. The van der Waals surface area contributed by atoms with Crippen molar-refractivity contribution >= 4 is 0 Å². The van der Waals surface area contributed by atoms with Gasteiger partial charge in [0.2, 0.25) is 0 Å². The van der Waals surface area contributed by atoms with Crippen LogP contribution in [0.25, 0.3) is 0 Å². The van der Waals surface area contributed by atoms with Gasteiger partial charge in [-0.15, -0.1) is 6.58 Å². The van der Waals surface area contributed by atoms with E-state index in [0.717, 1.165) is 30.1 Å². The van der Waals surface area contributed by atoms with E-state index in [1.165, 1.54) is 81.8 Å². The molecule has 0 aromatic rings. The molecule has 0 spiro atoms. The zero-order chi connectivity index (χ0) is 19.4. The number of fused-ring (bicyclic) bond motifs is 5. The Morgan fingerprint density at radius 1 is 1.07 bits per heavy atom. The van der Waals surface area contributed by atoms with E-state index < -0.39 is 0 Å². The molecule has 0 aromatic carbocycles. The van der Waals surface area contributed by atoms with E-state index >= 15 is 0 Å². The summed E-state index contributed by atoms with van der Waals surface area (Å²) in [5.41, 5.74) is 10.9. The first-order chi connectivity index (χ1) is 12.7. The van der Waals surface area contributed by atoms with E-state index in [0.29, 0.717) is 10.8 Å². The molecule has 4 fully saturated rings. The molecular formula is C26H43N. The lowest BCUT2D eigenvalue weighted by Gasteiger charge is -2.65. The fraction of sp³-hybridized carbons (Fsp3) is 0.846. The van der Waals surface area contributed by atoms with E-state index in [-0.39, 0.29) is 5.54 Å². The number of rotatable bonds is 4. The topological polar surface area (TPSA) is 26.0 Å². The third-order valence-corrected chi connectivity index (χ3v) is 10.2. The highest BCUT2D eigenvalue weighted by Gasteiger charge is 2.63. The molecule has 2 N–H and O–H groups in total. The summed E-state index contributed by atoms with van der Waals surface area (Å²) in [7, 11) is 0. The second-order valence-electron chi connectivity index (χ2n) is 11.5.